The van der Waals surface area contributed by atoms with Crippen LogP contribution in [-0.2, 0) is 10.1 Å². The molecule has 0 aliphatic rings. The Bertz CT molecular complexity index is 861. The Morgan fingerprint density at radius 2 is 1.44 bits per heavy atom. The minimum Gasteiger partial charge on any atom is -0.506 e. The molecule has 2 aromatic rings. The van der Waals surface area contributed by atoms with Crippen LogP contribution in [0.4, 0.5) is 13.2 Å². The fourth-order valence-corrected chi connectivity index (χ4v) is 2.92. The number of hydrogen-bond acceptors (Lipinski definition) is 4. The van der Waals surface area contributed by atoms with E-state index in [0.717, 1.165) is 9.64 Å². The second-order valence-electron chi connectivity index (χ2n) is 4.15. The second-order valence-corrected chi connectivity index (χ2v) is 9.00. The zero-order valence-electron chi connectivity index (χ0n) is 11.7. The van der Waals surface area contributed by atoms with Gasteiger partial charge in [0.2, 0.25) is 0 Å². The van der Waals surface area contributed by atoms with E-state index in [0.29, 0.717) is 8.59 Å². The van der Waals surface area contributed by atoms with E-state index in [1.54, 1.807) is 34.7 Å². The van der Waals surface area contributed by atoms with Crippen molar-refractivity contribution in [3.05, 3.63) is 53.6 Å². The average Bonchev–Trinajstić information content (AvgIpc) is 2.46. The molecule has 0 spiro atoms. The Morgan fingerprint density at radius 3 is 1.88 bits per heavy atom. The lowest BCUT2D eigenvalue weighted by atomic mass is 10.3. The highest BCUT2D eigenvalue weighted by Crippen LogP contribution is 2.32. The molecule has 0 radical (unpaired) electrons. The van der Waals surface area contributed by atoms with E-state index < -0.39 is 21.4 Å². The summed E-state index contributed by atoms with van der Waals surface area (Å²) in [5.41, 5.74) is -5.47. The Balaban J connectivity index is 0.000000293. The van der Waals surface area contributed by atoms with Gasteiger partial charge in [0.15, 0.2) is 5.75 Å². The lowest BCUT2D eigenvalue weighted by Gasteiger charge is -2.10. The standard InChI is InChI=1S/C7H3ClF3IO3S.C6H4ClIO/c8-5-2-1-4(12)3-6(5)15-16(13,14)7(9,10)11;7-5-2-1-4(8)3-6(5)9/h1-3H;1-3,9H. The summed E-state index contributed by atoms with van der Waals surface area (Å²) < 4.78 is 62.7. The Labute approximate surface area is 178 Å². The maximum Gasteiger partial charge on any atom is 0.534 e. The van der Waals surface area contributed by atoms with Crippen LogP contribution in [0.2, 0.25) is 10.0 Å². The molecule has 0 aromatic heterocycles. The van der Waals surface area contributed by atoms with Gasteiger partial charge in [-0.05, 0) is 81.6 Å². The first-order chi connectivity index (χ1) is 11.3. The van der Waals surface area contributed by atoms with Crippen LogP contribution in [0.15, 0.2) is 36.4 Å². The molecule has 0 heterocycles. The smallest absolute Gasteiger partial charge is 0.506 e. The molecule has 2 rings (SSSR count). The van der Waals surface area contributed by atoms with E-state index in [-0.39, 0.29) is 10.8 Å². The zero-order chi connectivity index (χ0) is 19.4. The van der Waals surface area contributed by atoms with Crippen LogP contribution in [0.3, 0.4) is 0 Å². The van der Waals surface area contributed by atoms with Gasteiger partial charge in [0.05, 0.1) is 10.0 Å². The molecular weight excluding hydrogens is 634 g/mol. The van der Waals surface area contributed by atoms with Gasteiger partial charge in [-0.3, -0.25) is 0 Å². The molecule has 0 unspecified atom stereocenters. The van der Waals surface area contributed by atoms with Crippen molar-refractivity contribution in [1.82, 2.24) is 0 Å². The monoisotopic (exact) mass is 640 g/mol. The van der Waals surface area contributed by atoms with E-state index in [1.165, 1.54) is 12.1 Å². The highest BCUT2D eigenvalue weighted by atomic mass is 127. The van der Waals surface area contributed by atoms with Gasteiger partial charge in [-0.15, -0.1) is 0 Å². The van der Waals surface area contributed by atoms with E-state index >= 15 is 0 Å². The van der Waals surface area contributed by atoms with Crippen molar-refractivity contribution in [2.45, 2.75) is 5.51 Å². The summed E-state index contributed by atoms with van der Waals surface area (Å²) in [6.07, 6.45) is 0. The first kappa shape index (κ1) is 22.9. The summed E-state index contributed by atoms with van der Waals surface area (Å²) in [4.78, 5) is 0. The predicted molar refractivity (Wildman–Crippen MR) is 106 cm³/mol. The third-order valence-electron chi connectivity index (χ3n) is 2.28. The molecule has 0 fully saturated rings. The van der Waals surface area contributed by atoms with E-state index in [4.69, 9.17) is 28.3 Å². The topological polar surface area (TPSA) is 63.6 Å². The lowest BCUT2D eigenvalue weighted by Crippen LogP contribution is -2.28. The Kier molecular flexibility index (Phi) is 8.37. The van der Waals surface area contributed by atoms with Crippen LogP contribution in [0.25, 0.3) is 0 Å². The van der Waals surface area contributed by atoms with Gasteiger partial charge < -0.3 is 9.29 Å². The van der Waals surface area contributed by atoms with Gasteiger partial charge >= 0.3 is 15.6 Å². The van der Waals surface area contributed by atoms with Crippen molar-refractivity contribution < 1.29 is 30.9 Å². The van der Waals surface area contributed by atoms with Crippen LogP contribution in [0.1, 0.15) is 0 Å². The van der Waals surface area contributed by atoms with E-state index in [1.807, 2.05) is 6.07 Å². The molecule has 12 heteroatoms. The molecule has 0 bridgehead atoms. The van der Waals surface area contributed by atoms with Gasteiger partial charge in [0, 0.05) is 7.14 Å². The van der Waals surface area contributed by atoms with Crippen LogP contribution in [-0.4, -0.2) is 19.0 Å². The number of phenols is 1. The van der Waals surface area contributed by atoms with E-state index in [9.17, 15) is 21.6 Å². The lowest BCUT2D eigenvalue weighted by molar-refractivity contribution is -0.0500. The van der Waals surface area contributed by atoms with Gasteiger partial charge in [0.1, 0.15) is 5.75 Å². The number of halogens is 7. The van der Waals surface area contributed by atoms with Gasteiger partial charge in [-0.25, -0.2) is 0 Å². The van der Waals surface area contributed by atoms with Crippen molar-refractivity contribution >= 4 is 78.5 Å². The fourth-order valence-electron chi connectivity index (χ4n) is 1.19. The van der Waals surface area contributed by atoms with E-state index in [2.05, 4.69) is 26.8 Å². The van der Waals surface area contributed by atoms with Crippen molar-refractivity contribution in [3.63, 3.8) is 0 Å². The summed E-state index contributed by atoms with van der Waals surface area (Å²) in [5, 5.41) is 9.15. The van der Waals surface area contributed by atoms with Gasteiger partial charge in [0.25, 0.3) is 0 Å². The summed E-state index contributed by atoms with van der Waals surface area (Å²) >= 11 is 14.9. The number of phenolic OH excluding ortho intramolecular Hbond substituents is 1. The van der Waals surface area contributed by atoms with Gasteiger partial charge in [-0.2, -0.15) is 21.6 Å². The minimum atomic E-state index is -5.68. The number of alkyl halides is 3. The number of hydrogen-bond donors (Lipinski definition) is 1. The molecule has 25 heavy (non-hydrogen) atoms. The maximum absolute atomic E-state index is 12.0. The highest BCUT2D eigenvalue weighted by molar-refractivity contribution is 14.1. The third-order valence-corrected chi connectivity index (χ3v) is 5.22. The largest absolute Gasteiger partial charge is 0.534 e. The van der Waals surface area contributed by atoms with Crippen molar-refractivity contribution in [1.29, 1.82) is 0 Å². The summed E-state index contributed by atoms with van der Waals surface area (Å²) in [5.74, 6) is -0.408. The molecule has 138 valence electrons. The average molecular weight is 641 g/mol. The quantitative estimate of drug-likeness (QED) is 0.255. The second kappa shape index (κ2) is 9.15. The fraction of sp³-hybridized carbons (Fsp3) is 0.0769. The first-order valence-corrected chi connectivity index (χ1v) is 10.3. The molecule has 2 aromatic carbocycles. The molecule has 0 atom stereocenters. The molecule has 0 aliphatic carbocycles. The molecule has 0 saturated carbocycles. The van der Waals surface area contributed by atoms with Crippen LogP contribution in [0.5, 0.6) is 11.5 Å². The summed E-state index contributed by atoms with van der Waals surface area (Å²) in [7, 11) is -5.68. The molecule has 4 nitrogen and oxygen atoms in total. The van der Waals surface area contributed by atoms with Crippen LogP contribution in [0, 0.1) is 7.14 Å². The van der Waals surface area contributed by atoms with Crippen LogP contribution < -0.4 is 4.18 Å². The maximum atomic E-state index is 12.0. The predicted octanol–water partition coefficient (Wildman–Crippen LogP) is 5.82. The number of benzene rings is 2. The molecule has 1 N–H and O–H groups in total. The van der Waals surface area contributed by atoms with Crippen molar-refractivity contribution in [2.24, 2.45) is 0 Å². The minimum absolute atomic E-state index is 0.142. The number of rotatable bonds is 2. The Hall–Kier alpha value is -0.180. The third kappa shape index (κ3) is 7.15. The van der Waals surface area contributed by atoms with Gasteiger partial charge in [-0.1, -0.05) is 23.2 Å². The van der Waals surface area contributed by atoms with Crippen LogP contribution >= 0.6 is 68.4 Å². The highest BCUT2D eigenvalue weighted by Gasteiger charge is 2.48. The molecule has 0 saturated heterocycles. The van der Waals surface area contributed by atoms with Crippen molar-refractivity contribution in [3.8, 4) is 11.5 Å². The SMILES string of the molecule is O=S(=O)(Oc1cc(I)ccc1Cl)C(F)(F)F.Oc1cc(I)ccc1Cl. The molecule has 0 amide bonds. The first-order valence-electron chi connectivity index (χ1n) is 5.93. The Morgan fingerprint density at radius 1 is 0.960 bits per heavy atom. The molecular formula is C13H7Cl2F3I2O4S. The molecule has 0 aliphatic heterocycles. The van der Waals surface area contributed by atoms with Crippen molar-refractivity contribution in [2.75, 3.05) is 0 Å². The zero-order valence-corrected chi connectivity index (χ0v) is 18.3. The summed E-state index contributed by atoms with van der Waals surface area (Å²) in [6, 6.07) is 8.94. The normalized spacial score (nSPS) is 11.5. The summed E-state index contributed by atoms with van der Waals surface area (Å²) in [6.45, 7) is 0. The number of aromatic hydroxyl groups is 1.